The van der Waals surface area contributed by atoms with Gasteiger partial charge in [-0.15, -0.1) is 0 Å². The molecule has 29 heavy (non-hydrogen) atoms. The fourth-order valence-electron chi connectivity index (χ4n) is 3.70. The second kappa shape index (κ2) is 7.83. The molecule has 2 aliphatic rings. The van der Waals surface area contributed by atoms with Crippen molar-refractivity contribution in [3.05, 3.63) is 41.6 Å². The number of piperazine rings is 1. The zero-order valence-electron chi connectivity index (χ0n) is 16.2. The van der Waals surface area contributed by atoms with Crippen LogP contribution in [0.3, 0.4) is 0 Å². The van der Waals surface area contributed by atoms with Gasteiger partial charge in [0.1, 0.15) is 5.82 Å². The minimum absolute atomic E-state index is 0.237. The molecule has 0 amide bonds. The third kappa shape index (κ3) is 4.04. The maximum absolute atomic E-state index is 13.5. The van der Waals surface area contributed by atoms with Crippen LogP contribution in [0.15, 0.2) is 29.2 Å². The molecule has 1 aromatic heterocycles. The van der Waals surface area contributed by atoms with Crippen LogP contribution in [0.25, 0.3) is 0 Å². The van der Waals surface area contributed by atoms with Crippen molar-refractivity contribution in [1.29, 1.82) is 0 Å². The van der Waals surface area contributed by atoms with Crippen molar-refractivity contribution in [2.24, 2.45) is 0 Å². The third-order valence-corrected chi connectivity index (χ3v) is 7.20. The molecular formula is C19H23F2N5O2S. The van der Waals surface area contributed by atoms with E-state index in [-0.39, 0.29) is 18.0 Å². The van der Waals surface area contributed by atoms with E-state index in [1.807, 2.05) is 17.9 Å². The van der Waals surface area contributed by atoms with E-state index in [9.17, 15) is 17.2 Å². The molecule has 3 heterocycles. The Bertz CT molecular complexity index is 1000. The van der Waals surface area contributed by atoms with Gasteiger partial charge >= 0.3 is 0 Å². The fraction of sp³-hybridized carbons (Fsp3) is 0.474. The zero-order valence-corrected chi connectivity index (χ0v) is 17.0. The van der Waals surface area contributed by atoms with Crippen molar-refractivity contribution in [3.8, 4) is 0 Å². The van der Waals surface area contributed by atoms with Gasteiger partial charge in [-0.3, -0.25) is 0 Å². The van der Waals surface area contributed by atoms with E-state index in [1.54, 1.807) is 0 Å². The molecule has 0 unspecified atom stereocenters. The SMILES string of the molecule is Cc1cc(N2CCN(S(=O)(=O)c3ccc(F)c(F)c3)CC2)nc(N2CCCC2)n1. The molecule has 1 aromatic carbocycles. The molecular weight excluding hydrogens is 400 g/mol. The first kappa shape index (κ1) is 20.0. The number of aromatic nitrogens is 2. The molecule has 0 spiro atoms. The minimum atomic E-state index is -3.88. The molecule has 4 rings (SSSR count). The fourth-order valence-corrected chi connectivity index (χ4v) is 5.14. The highest BCUT2D eigenvalue weighted by Gasteiger charge is 2.30. The van der Waals surface area contributed by atoms with Gasteiger partial charge < -0.3 is 9.80 Å². The summed E-state index contributed by atoms with van der Waals surface area (Å²) < 4.78 is 53.4. The Morgan fingerprint density at radius 1 is 0.862 bits per heavy atom. The largest absolute Gasteiger partial charge is 0.354 e. The van der Waals surface area contributed by atoms with Crippen LogP contribution in [0.2, 0.25) is 0 Å². The van der Waals surface area contributed by atoms with E-state index in [0.717, 1.165) is 55.6 Å². The van der Waals surface area contributed by atoms with Crippen LogP contribution in [0.4, 0.5) is 20.5 Å². The van der Waals surface area contributed by atoms with Crippen LogP contribution in [-0.2, 0) is 10.0 Å². The van der Waals surface area contributed by atoms with Gasteiger partial charge in [0.25, 0.3) is 0 Å². The molecule has 0 atom stereocenters. The number of rotatable bonds is 4. The lowest BCUT2D eigenvalue weighted by molar-refractivity contribution is 0.383. The smallest absolute Gasteiger partial charge is 0.243 e. The summed E-state index contributed by atoms with van der Waals surface area (Å²) >= 11 is 0. The number of anilines is 2. The lowest BCUT2D eigenvalue weighted by atomic mass is 10.3. The van der Waals surface area contributed by atoms with Crippen molar-refractivity contribution in [3.63, 3.8) is 0 Å². The molecule has 0 bridgehead atoms. The number of sulfonamides is 1. The molecule has 2 aromatic rings. The molecule has 2 aliphatic heterocycles. The predicted molar refractivity (Wildman–Crippen MR) is 106 cm³/mol. The average molecular weight is 423 g/mol. The first-order valence-corrected chi connectivity index (χ1v) is 11.1. The van der Waals surface area contributed by atoms with Crippen LogP contribution in [0.1, 0.15) is 18.5 Å². The van der Waals surface area contributed by atoms with Crippen molar-refractivity contribution in [1.82, 2.24) is 14.3 Å². The molecule has 2 saturated heterocycles. The first-order valence-electron chi connectivity index (χ1n) is 9.65. The number of hydrogen-bond acceptors (Lipinski definition) is 6. The highest BCUT2D eigenvalue weighted by Crippen LogP contribution is 2.24. The van der Waals surface area contributed by atoms with Crippen LogP contribution >= 0.6 is 0 Å². The molecule has 0 saturated carbocycles. The van der Waals surface area contributed by atoms with Gasteiger partial charge in [-0.05, 0) is 38.0 Å². The van der Waals surface area contributed by atoms with Crippen LogP contribution < -0.4 is 9.80 Å². The second-order valence-corrected chi connectivity index (χ2v) is 9.27. The maximum Gasteiger partial charge on any atom is 0.243 e. The van der Waals surface area contributed by atoms with Crippen LogP contribution in [0, 0.1) is 18.6 Å². The summed E-state index contributed by atoms with van der Waals surface area (Å²) in [6, 6.07) is 4.56. The monoisotopic (exact) mass is 423 g/mol. The molecule has 0 N–H and O–H groups in total. The average Bonchev–Trinajstić information content (AvgIpc) is 3.24. The number of halogens is 2. The Morgan fingerprint density at radius 3 is 2.21 bits per heavy atom. The van der Waals surface area contributed by atoms with Gasteiger partial charge in [0.2, 0.25) is 16.0 Å². The number of aryl methyl sites for hydroxylation is 1. The molecule has 10 heteroatoms. The van der Waals surface area contributed by atoms with E-state index in [4.69, 9.17) is 0 Å². The Hall–Kier alpha value is -2.33. The molecule has 7 nitrogen and oxygen atoms in total. The van der Waals surface area contributed by atoms with Gasteiger partial charge in [-0.2, -0.15) is 9.29 Å². The van der Waals surface area contributed by atoms with E-state index in [0.29, 0.717) is 19.0 Å². The van der Waals surface area contributed by atoms with Gasteiger partial charge in [0.05, 0.1) is 4.90 Å². The Labute approximate surface area is 169 Å². The van der Waals surface area contributed by atoms with Crippen molar-refractivity contribution in [2.75, 3.05) is 49.1 Å². The van der Waals surface area contributed by atoms with Gasteiger partial charge in [-0.25, -0.2) is 22.2 Å². The van der Waals surface area contributed by atoms with E-state index < -0.39 is 21.7 Å². The topological polar surface area (TPSA) is 69.6 Å². The maximum atomic E-state index is 13.5. The molecule has 0 aliphatic carbocycles. The number of nitrogens with zero attached hydrogens (tertiary/aromatic N) is 5. The zero-order chi connectivity index (χ0) is 20.6. The van der Waals surface area contributed by atoms with E-state index >= 15 is 0 Å². The standard InChI is InChI=1S/C19H23F2N5O2S/c1-14-12-18(23-19(22-14)25-6-2-3-7-25)24-8-10-26(11-9-24)29(27,28)15-4-5-16(20)17(21)13-15/h4-5,12-13H,2-3,6-11H2,1H3. The van der Waals surface area contributed by atoms with Crippen molar-refractivity contribution in [2.45, 2.75) is 24.7 Å². The number of benzene rings is 1. The van der Waals surface area contributed by atoms with Crippen molar-refractivity contribution < 1.29 is 17.2 Å². The van der Waals surface area contributed by atoms with Gasteiger partial charge in [-0.1, -0.05) is 0 Å². The molecule has 2 fully saturated rings. The lowest BCUT2D eigenvalue weighted by Gasteiger charge is -2.35. The molecule has 156 valence electrons. The van der Waals surface area contributed by atoms with E-state index in [2.05, 4.69) is 14.9 Å². The second-order valence-electron chi connectivity index (χ2n) is 7.33. The van der Waals surface area contributed by atoms with Gasteiger partial charge in [0.15, 0.2) is 11.6 Å². The highest BCUT2D eigenvalue weighted by molar-refractivity contribution is 7.89. The highest BCUT2D eigenvalue weighted by atomic mass is 32.2. The van der Waals surface area contributed by atoms with Crippen LogP contribution in [0.5, 0.6) is 0 Å². The Kier molecular flexibility index (Phi) is 5.39. The first-order chi connectivity index (χ1) is 13.8. The Morgan fingerprint density at radius 2 is 1.55 bits per heavy atom. The van der Waals surface area contributed by atoms with E-state index in [1.165, 1.54) is 4.31 Å². The number of hydrogen-bond donors (Lipinski definition) is 0. The summed E-state index contributed by atoms with van der Waals surface area (Å²) in [5, 5.41) is 0. The predicted octanol–water partition coefficient (Wildman–Crippen LogP) is 2.17. The van der Waals surface area contributed by atoms with Crippen LogP contribution in [-0.4, -0.2) is 62.0 Å². The summed E-state index contributed by atoms with van der Waals surface area (Å²) in [4.78, 5) is 13.2. The minimum Gasteiger partial charge on any atom is -0.354 e. The lowest BCUT2D eigenvalue weighted by Crippen LogP contribution is -2.49. The third-order valence-electron chi connectivity index (χ3n) is 5.31. The summed E-state index contributed by atoms with van der Waals surface area (Å²) in [6.45, 7) is 5.21. The summed E-state index contributed by atoms with van der Waals surface area (Å²) in [5.74, 6) is -0.740. The molecule has 0 radical (unpaired) electrons. The Balaban J connectivity index is 1.48. The normalized spacial score (nSPS) is 18.4. The summed E-state index contributed by atoms with van der Waals surface area (Å²) in [7, 11) is -3.88. The quantitative estimate of drug-likeness (QED) is 0.751. The van der Waals surface area contributed by atoms with Gasteiger partial charge in [0, 0.05) is 51.0 Å². The summed E-state index contributed by atoms with van der Waals surface area (Å²) in [6.07, 6.45) is 2.26. The summed E-state index contributed by atoms with van der Waals surface area (Å²) in [5.41, 5.74) is 0.869. The van der Waals surface area contributed by atoms with Crippen molar-refractivity contribution >= 4 is 21.8 Å².